The highest BCUT2D eigenvalue weighted by Crippen LogP contribution is 2.42. The molecule has 2 aliphatic heterocycles. The van der Waals surface area contributed by atoms with Crippen LogP contribution in [0.1, 0.15) is 25.6 Å². The number of hydrogen-bond acceptors (Lipinski definition) is 3. The van der Waals surface area contributed by atoms with E-state index in [0.717, 1.165) is 12.2 Å². The molecule has 0 aliphatic carbocycles. The fourth-order valence-electron chi connectivity index (χ4n) is 2.13. The Morgan fingerprint density at radius 3 is 3.23 bits per heavy atom. The Kier molecular flexibility index (Phi) is 1.24. The van der Waals surface area contributed by atoms with Gasteiger partial charge in [-0.25, -0.2) is 4.98 Å². The Hall–Kier alpha value is -0.870. The van der Waals surface area contributed by atoms with Gasteiger partial charge < -0.3 is 14.0 Å². The Labute approximate surface area is 76.5 Å². The second-order valence-electron chi connectivity index (χ2n) is 4.07. The van der Waals surface area contributed by atoms with Gasteiger partial charge in [-0.1, -0.05) is 0 Å². The molecule has 1 fully saturated rings. The molecule has 0 aromatic carbocycles. The van der Waals surface area contributed by atoms with Crippen molar-refractivity contribution < 1.29 is 9.47 Å². The number of rotatable bonds is 0. The van der Waals surface area contributed by atoms with E-state index >= 15 is 0 Å². The fraction of sp³-hybridized carbons (Fsp3) is 0.667. The van der Waals surface area contributed by atoms with Gasteiger partial charge in [-0.3, -0.25) is 0 Å². The van der Waals surface area contributed by atoms with Gasteiger partial charge in [-0.05, 0) is 13.8 Å². The van der Waals surface area contributed by atoms with Gasteiger partial charge in [0.1, 0.15) is 12.2 Å². The topological polar surface area (TPSA) is 36.3 Å². The van der Waals surface area contributed by atoms with Crippen molar-refractivity contribution in [3.63, 3.8) is 0 Å². The molecule has 0 amide bonds. The van der Waals surface area contributed by atoms with E-state index in [-0.39, 0.29) is 12.2 Å². The summed E-state index contributed by atoms with van der Waals surface area (Å²) in [6.07, 6.45) is 3.94. The minimum atomic E-state index is -0.440. The fourth-order valence-corrected chi connectivity index (χ4v) is 2.13. The van der Waals surface area contributed by atoms with Gasteiger partial charge in [-0.15, -0.1) is 0 Å². The third-order valence-corrected chi connectivity index (χ3v) is 2.60. The van der Waals surface area contributed by atoms with Crippen LogP contribution in [0, 0.1) is 0 Å². The smallest absolute Gasteiger partial charge is 0.164 e. The lowest BCUT2D eigenvalue weighted by atomic mass is 10.2. The minimum Gasteiger partial charge on any atom is -0.342 e. The van der Waals surface area contributed by atoms with Gasteiger partial charge in [-0.2, -0.15) is 0 Å². The molecule has 4 heteroatoms. The zero-order chi connectivity index (χ0) is 9.05. The van der Waals surface area contributed by atoms with Crippen LogP contribution in [0.15, 0.2) is 12.5 Å². The maximum Gasteiger partial charge on any atom is 0.164 e. The maximum atomic E-state index is 5.77. The van der Waals surface area contributed by atoms with Crippen LogP contribution in [0.25, 0.3) is 0 Å². The highest BCUT2D eigenvalue weighted by molar-refractivity contribution is 5.13. The molecule has 3 heterocycles. The van der Waals surface area contributed by atoms with Crippen LogP contribution in [0.5, 0.6) is 0 Å². The van der Waals surface area contributed by atoms with Crippen molar-refractivity contribution in [2.75, 3.05) is 0 Å². The largest absolute Gasteiger partial charge is 0.342 e. The normalized spacial score (nSPS) is 34.6. The molecule has 1 saturated heterocycles. The molecular weight excluding hydrogens is 168 g/mol. The lowest BCUT2D eigenvalue weighted by Crippen LogP contribution is -2.23. The van der Waals surface area contributed by atoms with Gasteiger partial charge in [0, 0.05) is 0 Å². The van der Waals surface area contributed by atoms with Crippen LogP contribution < -0.4 is 0 Å². The van der Waals surface area contributed by atoms with E-state index in [0.29, 0.717) is 0 Å². The number of imidazole rings is 1. The quantitative estimate of drug-likeness (QED) is 0.599. The van der Waals surface area contributed by atoms with E-state index in [9.17, 15) is 0 Å². The molecule has 0 unspecified atom stereocenters. The molecule has 70 valence electrons. The summed E-state index contributed by atoms with van der Waals surface area (Å²) in [5.74, 6) is -0.440. The lowest BCUT2D eigenvalue weighted by Gasteiger charge is -2.18. The Balaban J connectivity index is 1.98. The highest BCUT2D eigenvalue weighted by Gasteiger charge is 2.47. The summed E-state index contributed by atoms with van der Waals surface area (Å²) in [6.45, 7) is 4.77. The molecule has 0 spiro atoms. The molecular formula is C9H12N2O2. The standard InChI is InChI=1S/C9H12N2O2/c1-9(2)12-7-4-11-5-10-3-6(11)8(7)13-9/h3,5,7-8H,4H2,1-2H3/t7-,8+/m0/s1. The number of aromatic nitrogens is 2. The van der Waals surface area contributed by atoms with E-state index in [4.69, 9.17) is 9.47 Å². The Morgan fingerprint density at radius 1 is 1.54 bits per heavy atom. The molecule has 13 heavy (non-hydrogen) atoms. The second kappa shape index (κ2) is 2.13. The molecule has 2 aliphatic rings. The van der Waals surface area contributed by atoms with Gasteiger partial charge in [0.2, 0.25) is 0 Å². The zero-order valence-electron chi connectivity index (χ0n) is 7.73. The highest BCUT2D eigenvalue weighted by atomic mass is 16.8. The van der Waals surface area contributed by atoms with Gasteiger partial charge in [0.05, 0.1) is 24.8 Å². The van der Waals surface area contributed by atoms with Crippen LogP contribution >= 0.6 is 0 Å². The molecule has 4 nitrogen and oxygen atoms in total. The summed E-state index contributed by atoms with van der Waals surface area (Å²) in [5.41, 5.74) is 1.13. The van der Waals surface area contributed by atoms with Gasteiger partial charge in [0.15, 0.2) is 5.79 Å². The number of fused-ring (bicyclic) bond motifs is 3. The average molecular weight is 180 g/mol. The maximum absolute atomic E-state index is 5.77. The van der Waals surface area contributed by atoms with E-state index < -0.39 is 5.79 Å². The first-order valence-corrected chi connectivity index (χ1v) is 4.51. The van der Waals surface area contributed by atoms with Crippen LogP contribution in [-0.2, 0) is 16.0 Å². The number of nitrogens with zero attached hydrogens (tertiary/aromatic N) is 2. The summed E-state index contributed by atoms with van der Waals surface area (Å²) in [7, 11) is 0. The van der Waals surface area contributed by atoms with E-state index in [1.165, 1.54) is 0 Å². The van der Waals surface area contributed by atoms with E-state index in [2.05, 4.69) is 9.55 Å². The van der Waals surface area contributed by atoms with E-state index in [1.54, 1.807) is 0 Å². The predicted octanol–water partition coefficient (Wildman–Crippen LogP) is 1.09. The van der Waals surface area contributed by atoms with Crippen molar-refractivity contribution >= 4 is 0 Å². The third kappa shape index (κ3) is 0.957. The lowest BCUT2D eigenvalue weighted by molar-refractivity contribution is -0.151. The average Bonchev–Trinajstić information content (AvgIpc) is 2.58. The van der Waals surface area contributed by atoms with Crippen LogP contribution in [0.2, 0.25) is 0 Å². The summed E-state index contributed by atoms with van der Waals surface area (Å²) < 4.78 is 13.6. The van der Waals surface area contributed by atoms with Crippen molar-refractivity contribution in [2.45, 2.75) is 38.4 Å². The molecule has 1 aromatic heterocycles. The molecule has 3 rings (SSSR count). The van der Waals surface area contributed by atoms with Crippen LogP contribution in [-0.4, -0.2) is 21.4 Å². The molecule has 0 N–H and O–H groups in total. The summed E-state index contributed by atoms with van der Waals surface area (Å²) in [5, 5.41) is 0. The first kappa shape index (κ1) is 7.53. The summed E-state index contributed by atoms with van der Waals surface area (Å²) in [6, 6.07) is 0. The summed E-state index contributed by atoms with van der Waals surface area (Å²) in [4.78, 5) is 4.08. The molecule has 2 atom stereocenters. The SMILES string of the molecule is CC1(C)O[C@H]2Cn3cncc3[C@H]2O1. The first-order chi connectivity index (χ1) is 6.16. The minimum absolute atomic E-state index is 0.0810. The predicted molar refractivity (Wildman–Crippen MR) is 45.0 cm³/mol. The Morgan fingerprint density at radius 2 is 2.38 bits per heavy atom. The third-order valence-electron chi connectivity index (χ3n) is 2.60. The second-order valence-corrected chi connectivity index (χ2v) is 4.07. The van der Waals surface area contributed by atoms with Crippen molar-refractivity contribution in [1.82, 2.24) is 9.55 Å². The monoisotopic (exact) mass is 180 g/mol. The molecule has 0 saturated carbocycles. The first-order valence-electron chi connectivity index (χ1n) is 4.51. The van der Waals surface area contributed by atoms with E-state index in [1.807, 2.05) is 26.4 Å². The van der Waals surface area contributed by atoms with Crippen molar-refractivity contribution in [3.05, 3.63) is 18.2 Å². The van der Waals surface area contributed by atoms with Crippen molar-refractivity contribution in [3.8, 4) is 0 Å². The number of ether oxygens (including phenoxy) is 2. The van der Waals surface area contributed by atoms with Crippen molar-refractivity contribution in [1.29, 1.82) is 0 Å². The van der Waals surface area contributed by atoms with Gasteiger partial charge >= 0.3 is 0 Å². The van der Waals surface area contributed by atoms with Crippen LogP contribution in [0.4, 0.5) is 0 Å². The van der Waals surface area contributed by atoms with Crippen LogP contribution in [0.3, 0.4) is 0 Å². The molecule has 1 aromatic rings. The summed E-state index contributed by atoms with van der Waals surface area (Å²) >= 11 is 0. The van der Waals surface area contributed by atoms with Gasteiger partial charge in [0.25, 0.3) is 0 Å². The Bertz CT molecular complexity index is 345. The molecule has 0 radical (unpaired) electrons. The zero-order valence-corrected chi connectivity index (χ0v) is 7.73. The number of hydrogen-bond donors (Lipinski definition) is 0. The van der Waals surface area contributed by atoms with Crippen molar-refractivity contribution in [2.24, 2.45) is 0 Å². The molecule has 0 bridgehead atoms.